The van der Waals surface area contributed by atoms with E-state index in [1.165, 1.54) is 12.1 Å². The van der Waals surface area contributed by atoms with Crippen molar-refractivity contribution in [3.8, 4) is 0 Å². The molecule has 0 bridgehead atoms. The molecule has 130 valence electrons. The minimum atomic E-state index is -4.33. The molecule has 0 radical (unpaired) electrons. The Hall–Kier alpha value is -0.880. The van der Waals surface area contributed by atoms with E-state index in [4.69, 9.17) is 5.73 Å². The van der Waals surface area contributed by atoms with E-state index < -0.39 is 11.7 Å². The first-order valence-corrected chi connectivity index (χ1v) is 7.70. The van der Waals surface area contributed by atoms with Gasteiger partial charge in [-0.1, -0.05) is 36.4 Å². The minimum Gasteiger partial charge on any atom is -1.00 e. The van der Waals surface area contributed by atoms with Gasteiger partial charge in [-0.15, -0.1) is 0 Å². The molecule has 0 spiro atoms. The Balaban J connectivity index is -0.000000521. The van der Waals surface area contributed by atoms with Crippen LogP contribution in [0.3, 0.4) is 0 Å². The largest absolute Gasteiger partial charge is 3.00 e. The number of nitrogens with two attached hydrogens (primary N) is 1. The maximum absolute atomic E-state index is 13.0. The monoisotopic (exact) mass is 358 g/mol. The number of anilines is 1. The second kappa shape index (κ2) is 9.17. The van der Waals surface area contributed by atoms with Crippen molar-refractivity contribution in [2.75, 3.05) is 11.4 Å². The van der Waals surface area contributed by atoms with Crippen molar-refractivity contribution < 1.29 is 37.7 Å². The molecule has 25 heavy (non-hydrogen) atoms. The molecule has 0 fully saturated rings. The molecule has 0 aromatic heterocycles. The third-order valence-electron chi connectivity index (χ3n) is 4.38. The van der Waals surface area contributed by atoms with Crippen LogP contribution >= 0.6 is 0 Å². The second-order valence-corrected chi connectivity index (χ2v) is 5.88. The third-order valence-corrected chi connectivity index (χ3v) is 4.38. The van der Waals surface area contributed by atoms with Gasteiger partial charge in [0, 0.05) is 24.8 Å². The van der Waals surface area contributed by atoms with E-state index in [-0.39, 0.29) is 48.0 Å². The van der Waals surface area contributed by atoms with Gasteiger partial charge in [0.25, 0.3) is 0 Å². The van der Waals surface area contributed by atoms with Crippen LogP contribution in [-0.4, -0.2) is 29.9 Å². The molecule has 0 aliphatic carbocycles. The molecule has 1 unspecified atom stereocenters. The molecule has 0 amide bonds. The van der Waals surface area contributed by atoms with Crippen LogP contribution in [0.2, 0.25) is 0 Å². The van der Waals surface area contributed by atoms with Gasteiger partial charge in [-0.3, -0.25) is 0 Å². The summed E-state index contributed by atoms with van der Waals surface area (Å²) in [5.74, 6) is 0. The molecule has 2 N–H and O–H groups in total. The van der Waals surface area contributed by atoms with Gasteiger partial charge in [0.1, 0.15) is 0 Å². The first kappa shape index (κ1) is 22.2. The maximum Gasteiger partial charge on any atom is 3.00 e. The van der Waals surface area contributed by atoms with Crippen LogP contribution in [-0.2, 0) is 19.1 Å². The van der Waals surface area contributed by atoms with Crippen molar-refractivity contribution in [3.05, 3.63) is 65.2 Å². The van der Waals surface area contributed by atoms with Crippen LogP contribution in [0.1, 0.15) is 28.8 Å². The molecule has 1 heterocycles. The predicted octanol–water partition coefficient (Wildman–Crippen LogP) is 1.06. The maximum atomic E-state index is 13.0. The zero-order chi connectivity index (χ0) is 16.4. The summed E-state index contributed by atoms with van der Waals surface area (Å²) in [6.07, 6.45) is -2.70. The quantitative estimate of drug-likeness (QED) is 0.832. The Morgan fingerprint density at radius 2 is 1.80 bits per heavy atom. The van der Waals surface area contributed by atoms with Crippen molar-refractivity contribution in [1.82, 2.24) is 0 Å². The van der Waals surface area contributed by atoms with E-state index in [9.17, 15) is 13.2 Å². The number of alkyl halides is 3. The number of halogens is 3. The number of hydrogen-bond donors (Lipinski definition) is 1. The number of benzene rings is 2. The molecule has 2 aromatic carbocycles. The van der Waals surface area contributed by atoms with E-state index in [0.717, 1.165) is 24.0 Å². The Bertz CT molecular complexity index is 697. The smallest absolute Gasteiger partial charge is 1.00 e. The first-order valence-electron chi connectivity index (χ1n) is 7.70. The molecule has 0 saturated carbocycles. The Morgan fingerprint density at radius 3 is 2.40 bits per heavy atom. The van der Waals surface area contributed by atoms with Gasteiger partial charge in [0.05, 0.1) is 5.56 Å². The third kappa shape index (κ3) is 5.07. The molecule has 1 atom stereocenters. The van der Waals surface area contributed by atoms with Crippen molar-refractivity contribution in [2.45, 2.75) is 31.6 Å². The van der Waals surface area contributed by atoms with Crippen LogP contribution in [0.5, 0.6) is 0 Å². The number of fused-ring (bicyclic) bond motifs is 1. The fraction of sp³-hybridized carbons (Fsp3) is 0.333. The van der Waals surface area contributed by atoms with Crippen molar-refractivity contribution in [1.29, 1.82) is 0 Å². The van der Waals surface area contributed by atoms with Gasteiger partial charge in [-0.05, 0) is 36.1 Å². The topological polar surface area (TPSA) is 29.3 Å². The molecule has 1 aliphatic heterocycles. The van der Waals surface area contributed by atoms with Gasteiger partial charge < -0.3 is 16.3 Å². The van der Waals surface area contributed by atoms with E-state index in [1.54, 1.807) is 6.07 Å². The average Bonchev–Trinajstić information content (AvgIpc) is 2.55. The van der Waals surface area contributed by atoms with Crippen LogP contribution in [0, 0.1) is 0 Å². The zero-order valence-corrected chi connectivity index (χ0v) is 15.4. The number of aryl methyl sites for hydroxylation is 1. The Morgan fingerprint density at radius 1 is 1.12 bits per heavy atom. The summed E-state index contributed by atoms with van der Waals surface area (Å²) in [5.41, 5.74) is 7.94. The van der Waals surface area contributed by atoms with Gasteiger partial charge in [-0.2, -0.15) is 13.2 Å². The fourth-order valence-electron chi connectivity index (χ4n) is 3.13. The number of hydrogen-bond acceptors (Lipinski definition) is 2. The molecule has 1 aliphatic rings. The summed E-state index contributed by atoms with van der Waals surface area (Å²) < 4.78 is 39.1. The van der Waals surface area contributed by atoms with Gasteiger partial charge in [0.15, 0.2) is 0 Å². The molecular weight excluding hydrogens is 335 g/mol. The van der Waals surface area contributed by atoms with Crippen molar-refractivity contribution in [3.63, 3.8) is 0 Å². The van der Waals surface area contributed by atoms with E-state index >= 15 is 0 Å². The van der Waals surface area contributed by atoms with E-state index in [0.29, 0.717) is 18.8 Å². The minimum absolute atomic E-state index is 0. The summed E-state index contributed by atoms with van der Waals surface area (Å²) in [4.78, 5) is 2.02. The Kier molecular flexibility index (Phi) is 8.13. The average molecular weight is 358 g/mol. The molecule has 7 heteroatoms. The zero-order valence-electron chi connectivity index (χ0n) is 18.3. The van der Waals surface area contributed by atoms with Gasteiger partial charge >= 0.3 is 42.4 Å². The van der Waals surface area contributed by atoms with Gasteiger partial charge in [0.2, 0.25) is 0 Å². The van der Waals surface area contributed by atoms with Gasteiger partial charge in [-0.25, -0.2) is 0 Å². The van der Waals surface area contributed by atoms with Crippen LogP contribution in [0.4, 0.5) is 18.9 Å². The summed E-state index contributed by atoms with van der Waals surface area (Å²) in [5, 5.41) is 0. The van der Waals surface area contributed by atoms with Crippen molar-refractivity contribution in [2.24, 2.45) is 5.73 Å². The predicted molar refractivity (Wildman–Crippen MR) is 95.4 cm³/mol. The molecule has 3 rings (SSSR count). The number of nitrogens with zero attached hydrogens (tertiary/aromatic N) is 1. The molecule has 2 nitrogen and oxygen atoms in total. The van der Waals surface area contributed by atoms with Crippen LogP contribution in [0.25, 0.3) is 0 Å². The first-order chi connectivity index (χ1) is 11.0. The van der Waals surface area contributed by atoms with E-state index in [1.807, 2.05) is 35.2 Å². The second-order valence-electron chi connectivity index (χ2n) is 5.88. The summed E-state index contributed by atoms with van der Waals surface area (Å²) in [6, 6.07) is 13.9. The van der Waals surface area contributed by atoms with Crippen LogP contribution < -0.4 is 29.5 Å². The molecule has 2 aromatic rings. The molecule has 0 saturated heterocycles. The Labute approximate surface area is 174 Å². The van der Waals surface area contributed by atoms with Crippen LogP contribution in [0.15, 0.2) is 48.5 Å². The SMILES string of the molecule is NCC1CCc2ccc(C(F)(F)F)cc2N1Cc1ccccc1.[Al+3].[H-].[H-].[H-].[H-].[Li+]. The fourth-order valence-corrected chi connectivity index (χ4v) is 3.13. The number of rotatable bonds is 3. The van der Waals surface area contributed by atoms with Crippen molar-refractivity contribution >= 4 is 23.0 Å². The molecular formula is C18H23AlF3LiN2. The normalized spacial score (nSPS) is 16.5. The summed E-state index contributed by atoms with van der Waals surface area (Å²) >= 11 is 0. The van der Waals surface area contributed by atoms with E-state index in [2.05, 4.69) is 0 Å². The summed E-state index contributed by atoms with van der Waals surface area (Å²) in [7, 11) is 0. The standard InChI is InChI=1S/C18H19F3N2.Al.Li.4H/c19-18(20,21)15-8-6-14-7-9-16(11-22)23(17(14)10-15)12-13-4-2-1-3-5-13;;;;;;/h1-6,8,10,16H,7,9,11-12,22H2;;;;;;/q;+3;+1;4*-1. The summed E-state index contributed by atoms with van der Waals surface area (Å²) in [6.45, 7) is 1.000.